The molecule has 0 aliphatic carbocycles. The topological polar surface area (TPSA) is 72.2 Å². The Hall–Kier alpha value is -8.28. The van der Waals surface area contributed by atoms with E-state index in [1.807, 2.05) is 70.6 Å². The first kappa shape index (κ1) is 72.1. The maximum atomic E-state index is 3.71. The molecule has 0 bridgehead atoms. The van der Waals surface area contributed by atoms with E-state index in [4.69, 9.17) is 0 Å². The van der Waals surface area contributed by atoms with E-state index in [0.717, 1.165) is 78.5 Å². The lowest BCUT2D eigenvalue weighted by Gasteiger charge is -2.26. The Morgan fingerprint density at radius 2 is 0.235 bits per heavy atom. The molecule has 510 valence electrons. The highest BCUT2D eigenvalue weighted by Crippen LogP contribution is 2.59. The van der Waals surface area contributed by atoms with Crippen molar-refractivity contribution in [2.75, 3.05) is 0 Å². The quantitative estimate of drug-likeness (QED) is 0.0227. The fourth-order valence-corrected chi connectivity index (χ4v) is 18.9. The smallest absolute Gasteiger partial charge is 0.0425 e. The van der Waals surface area contributed by atoms with Crippen molar-refractivity contribution in [2.45, 2.75) is 137 Å². The van der Waals surface area contributed by atoms with Crippen LogP contribution in [0.2, 0.25) is 0 Å². The molecule has 13 aromatic carbocycles. The average molecular weight is 1440 g/mol. The second kappa shape index (κ2) is 38.8. The summed E-state index contributed by atoms with van der Waals surface area (Å²) in [4.78, 5) is 14.4. The highest BCUT2D eigenvalue weighted by Gasteiger charge is 2.29. The van der Waals surface area contributed by atoms with Gasteiger partial charge in [-0.15, -0.1) is 0 Å². The van der Waals surface area contributed by atoms with Crippen molar-refractivity contribution >= 4 is 70.6 Å². The van der Waals surface area contributed by atoms with Crippen LogP contribution in [0.4, 0.5) is 0 Å². The third-order valence-electron chi connectivity index (χ3n) is 17.1. The van der Waals surface area contributed by atoms with Gasteiger partial charge in [-0.3, -0.25) is 0 Å². The van der Waals surface area contributed by atoms with Gasteiger partial charge in [0.1, 0.15) is 0 Å². The first-order valence-corrected chi connectivity index (χ1v) is 39.7. The number of hydrogen-bond acceptors (Lipinski definition) is 12. The molecule has 0 unspecified atom stereocenters. The van der Waals surface area contributed by atoms with Crippen LogP contribution in [0.25, 0.3) is 0 Å². The fourth-order valence-electron chi connectivity index (χ4n) is 11.6. The molecule has 0 fully saturated rings. The number of rotatable bonds is 36. The Morgan fingerprint density at radius 3 is 0.353 bits per heavy atom. The van der Waals surface area contributed by atoms with E-state index in [1.54, 1.807) is 0 Å². The molecule has 0 amide bonds. The van der Waals surface area contributed by atoms with Crippen LogP contribution in [0, 0.1) is 0 Å². The zero-order chi connectivity index (χ0) is 69.0. The number of hydrogen-bond donors (Lipinski definition) is 6. The second-order valence-corrected chi connectivity index (χ2v) is 31.5. The van der Waals surface area contributed by atoms with Gasteiger partial charge in [0, 0.05) is 137 Å². The van der Waals surface area contributed by atoms with Crippen molar-refractivity contribution in [3.8, 4) is 0 Å². The van der Waals surface area contributed by atoms with Gasteiger partial charge >= 0.3 is 0 Å². The zero-order valence-electron chi connectivity index (χ0n) is 57.1. The molecule has 0 heterocycles. The summed E-state index contributed by atoms with van der Waals surface area (Å²) in [7, 11) is 0. The fraction of sp³-hybridized carbons (Fsp3) is 0.133. The Morgan fingerprint density at radius 1 is 0.127 bits per heavy atom. The Kier molecular flexibility index (Phi) is 27.4. The van der Waals surface area contributed by atoms with Crippen molar-refractivity contribution in [1.82, 2.24) is 31.9 Å². The molecule has 0 aliphatic rings. The zero-order valence-corrected chi connectivity index (χ0v) is 62.0. The molecule has 0 radical (unpaired) electrons. The molecule has 0 aliphatic heterocycles. The molecule has 12 heteroatoms. The van der Waals surface area contributed by atoms with Gasteiger partial charge < -0.3 is 31.9 Å². The second-order valence-electron chi connectivity index (χ2n) is 25.0. The molecule has 0 atom stereocenters. The highest BCUT2D eigenvalue weighted by molar-refractivity contribution is 8.07. The average Bonchev–Trinajstić information content (AvgIpc) is 0.749. The summed E-state index contributed by atoms with van der Waals surface area (Å²) in [6, 6.07) is 120. The summed E-state index contributed by atoms with van der Waals surface area (Å²) >= 11 is 11.3. The van der Waals surface area contributed by atoms with Gasteiger partial charge in [0.15, 0.2) is 0 Å². The molecule has 0 spiro atoms. The van der Waals surface area contributed by atoms with Gasteiger partial charge in [0.25, 0.3) is 0 Å². The van der Waals surface area contributed by atoms with Crippen LogP contribution in [0.15, 0.2) is 386 Å². The molecule has 0 saturated carbocycles. The van der Waals surface area contributed by atoms with Crippen LogP contribution in [0.1, 0.15) is 66.8 Å². The lowest BCUT2D eigenvalue weighted by Crippen LogP contribution is -2.12. The van der Waals surface area contributed by atoms with E-state index in [9.17, 15) is 0 Å². The normalized spacial score (nSPS) is 11.3. The minimum Gasteiger partial charge on any atom is -0.309 e. The minimum absolute atomic E-state index is 0.764. The van der Waals surface area contributed by atoms with E-state index in [1.165, 1.54) is 126 Å². The minimum atomic E-state index is 0.764. The van der Waals surface area contributed by atoms with Crippen molar-refractivity contribution in [1.29, 1.82) is 0 Å². The molecule has 102 heavy (non-hydrogen) atoms. The lowest BCUT2D eigenvalue weighted by atomic mass is 10.2. The summed E-state index contributed by atoms with van der Waals surface area (Å²) in [5.41, 5.74) is 15.1. The maximum absolute atomic E-state index is 3.71. The van der Waals surface area contributed by atoms with Gasteiger partial charge in [-0.2, -0.15) is 0 Å². The van der Waals surface area contributed by atoms with Crippen molar-refractivity contribution < 1.29 is 0 Å². The third-order valence-corrected chi connectivity index (χ3v) is 24.6. The van der Waals surface area contributed by atoms with Crippen LogP contribution in [0.5, 0.6) is 0 Å². The molecular formula is C90H84N6S6. The number of benzene rings is 13. The van der Waals surface area contributed by atoms with Crippen molar-refractivity contribution in [2.24, 2.45) is 0 Å². The molecule has 13 rings (SSSR count). The Labute approximate surface area is 629 Å². The summed E-state index contributed by atoms with van der Waals surface area (Å²) in [6.45, 7) is 9.40. The first-order chi connectivity index (χ1) is 50.5. The molecule has 6 N–H and O–H groups in total. The molecule has 13 aromatic rings. The van der Waals surface area contributed by atoms with Crippen LogP contribution in [-0.4, -0.2) is 0 Å². The Balaban J connectivity index is 0.938. The lowest BCUT2D eigenvalue weighted by molar-refractivity contribution is 0.693. The van der Waals surface area contributed by atoms with Gasteiger partial charge in [-0.1, -0.05) is 325 Å². The van der Waals surface area contributed by atoms with Crippen LogP contribution >= 0.6 is 70.6 Å². The third kappa shape index (κ3) is 22.4. The molecular weight excluding hydrogens is 1360 g/mol. The predicted octanol–water partition coefficient (Wildman–Crippen LogP) is 22.3. The van der Waals surface area contributed by atoms with E-state index < -0.39 is 0 Å². The maximum Gasteiger partial charge on any atom is 0.0425 e. The van der Waals surface area contributed by atoms with Gasteiger partial charge in [0.05, 0.1) is 0 Å². The summed E-state index contributed by atoms with van der Waals surface area (Å²) < 4.78 is 0. The van der Waals surface area contributed by atoms with Crippen molar-refractivity contribution in [3.05, 3.63) is 394 Å². The van der Waals surface area contributed by atoms with Crippen LogP contribution in [0.3, 0.4) is 0 Å². The number of nitrogens with one attached hydrogen (secondary N) is 6. The molecule has 0 aromatic heterocycles. The first-order valence-electron chi connectivity index (χ1n) is 34.8. The van der Waals surface area contributed by atoms with E-state index >= 15 is 0 Å². The highest BCUT2D eigenvalue weighted by atomic mass is 32.2. The summed E-state index contributed by atoms with van der Waals surface area (Å²) in [5, 5.41) is 22.3. The van der Waals surface area contributed by atoms with Gasteiger partial charge in [0.2, 0.25) is 0 Å². The largest absolute Gasteiger partial charge is 0.309 e. The van der Waals surface area contributed by atoms with Crippen LogP contribution in [-0.2, 0) is 78.5 Å². The molecule has 0 saturated heterocycles. The monoisotopic (exact) mass is 1440 g/mol. The standard InChI is InChI=1S/C90H84N6S6/c1-7-19-67(20-8-1)55-91-61-73-31-43-79(44-32-73)97-85-86(98-80-45-33-74(34-46-80)62-92-56-68-21-9-2-10-22-68)88(100-82-49-37-76(38-50-82)64-94-58-70-25-13-4-14-26-70)90(102-84-53-41-78(42-54-84)66-96-60-72-29-17-6-18-30-72)89(101-83-51-39-77(40-52-83)65-95-59-71-27-15-5-16-28-71)87(85)99-81-47-35-75(36-48-81)63-93-57-69-23-11-3-12-24-69/h1-54,91-96H,55-66H2. The summed E-state index contributed by atoms with van der Waals surface area (Å²) in [5.74, 6) is 0. The van der Waals surface area contributed by atoms with E-state index in [-0.39, 0.29) is 0 Å². The SMILES string of the molecule is c1ccc(CNCc2ccc(Sc3c(Sc4ccc(CNCc5ccccc5)cc4)c(Sc4ccc(CNCc5ccccc5)cc4)c(Sc4ccc(CNCc5ccccc5)cc4)c(Sc4ccc(CNCc5ccccc5)cc4)c3Sc3ccc(CNCc4ccccc4)cc3)cc2)cc1. The predicted molar refractivity (Wildman–Crippen MR) is 432 cm³/mol. The van der Waals surface area contributed by atoms with Crippen molar-refractivity contribution in [3.63, 3.8) is 0 Å². The summed E-state index contributed by atoms with van der Waals surface area (Å²) in [6.07, 6.45) is 0. The Bertz CT molecular complexity index is 3830. The van der Waals surface area contributed by atoms with Gasteiger partial charge in [-0.25, -0.2) is 0 Å². The van der Waals surface area contributed by atoms with Gasteiger partial charge in [-0.05, 0) is 140 Å². The van der Waals surface area contributed by atoms with Crippen LogP contribution < -0.4 is 31.9 Å². The van der Waals surface area contributed by atoms with E-state index in [2.05, 4.69) is 359 Å². The van der Waals surface area contributed by atoms with E-state index in [0.29, 0.717) is 0 Å². The molecule has 6 nitrogen and oxygen atoms in total.